The van der Waals surface area contributed by atoms with Crippen LogP contribution in [0.5, 0.6) is 0 Å². The second kappa shape index (κ2) is 5.08. The Bertz CT molecular complexity index is 105. The molecule has 0 aliphatic rings. The van der Waals surface area contributed by atoms with Crippen LogP contribution in [-0.4, -0.2) is 30.4 Å². The fraction of sp³-hybridized carbons (Fsp3) is 0.667. The summed E-state index contributed by atoms with van der Waals surface area (Å²) in [5, 5.41) is 13.0. The van der Waals surface area contributed by atoms with Gasteiger partial charge < -0.3 is 15.8 Å². The fourth-order valence-electron chi connectivity index (χ4n) is 0.519. The monoisotopic (exact) mass is 145 g/mol. The van der Waals surface area contributed by atoms with Crippen molar-refractivity contribution in [2.45, 2.75) is 6.92 Å². The number of aliphatic hydroxyl groups is 1. The van der Waals surface area contributed by atoms with Crippen molar-refractivity contribution in [3.63, 3.8) is 0 Å². The number of hydrogen-bond donors (Lipinski definition) is 3. The van der Waals surface area contributed by atoms with Gasteiger partial charge in [-0.25, -0.2) is 5.01 Å². The Morgan fingerprint density at radius 1 is 1.70 bits per heavy atom. The quantitative estimate of drug-likeness (QED) is 0.359. The van der Waals surface area contributed by atoms with E-state index in [0.717, 1.165) is 6.54 Å². The lowest BCUT2D eigenvalue weighted by atomic mass is 10.7. The standard InChI is InChI=1S/C6H15N3O/c1-4-7-6(2)8-9(3)5-10/h7-8,10H,2,4-5H2,1,3H3. The molecule has 3 N–H and O–H groups in total. The molecule has 0 rings (SSSR count). The lowest BCUT2D eigenvalue weighted by Gasteiger charge is -2.18. The zero-order valence-electron chi connectivity index (χ0n) is 6.52. The van der Waals surface area contributed by atoms with Gasteiger partial charge in [0, 0.05) is 13.6 Å². The molecule has 0 heterocycles. The summed E-state index contributed by atoms with van der Waals surface area (Å²) < 4.78 is 0. The molecular formula is C6H15N3O. The summed E-state index contributed by atoms with van der Waals surface area (Å²) in [4.78, 5) is 0. The summed E-state index contributed by atoms with van der Waals surface area (Å²) in [5.74, 6) is 0.694. The molecule has 0 aromatic rings. The molecule has 0 fully saturated rings. The molecule has 0 unspecified atom stereocenters. The van der Waals surface area contributed by atoms with E-state index in [-0.39, 0.29) is 6.73 Å². The topological polar surface area (TPSA) is 47.5 Å². The summed E-state index contributed by atoms with van der Waals surface area (Å²) in [6.45, 7) is 6.42. The highest BCUT2D eigenvalue weighted by atomic mass is 16.3. The van der Waals surface area contributed by atoms with E-state index in [2.05, 4.69) is 17.3 Å². The molecule has 4 nitrogen and oxygen atoms in total. The van der Waals surface area contributed by atoms with Crippen LogP contribution >= 0.6 is 0 Å². The smallest absolute Gasteiger partial charge is 0.112 e. The highest BCUT2D eigenvalue weighted by molar-refractivity contribution is 4.84. The summed E-state index contributed by atoms with van der Waals surface area (Å²) in [6, 6.07) is 0. The van der Waals surface area contributed by atoms with E-state index in [1.54, 1.807) is 7.05 Å². The Morgan fingerprint density at radius 3 is 2.70 bits per heavy atom. The Balaban J connectivity index is 3.37. The van der Waals surface area contributed by atoms with Gasteiger partial charge in [0.1, 0.15) is 12.6 Å². The summed E-state index contributed by atoms with van der Waals surface area (Å²) in [7, 11) is 1.72. The van der Waals surface area contributed by atoms with Crippen LogP contribution in [0, 0.1) is 0 Å². The van der Waals surface area contributed by atoms with Crippen LogP contribution < -0.4 is 10.7 Å². The van der Waals surface area contributed by atoms with Crippen LogP contribution in [0.3, 0.4) is 0 Å². The van der Waals surface area contributed by atoms with Gasteiger partial charge in [-0.05, 0) is 6.92 Å². The second-order valence-electron chi connectivity index (χ2n) is 1.96. The third-order valence-corrected chi connectivity index (χ3v) is 0.928. The SMILES string of the molecule is C=C(NCC)NN(C)CO. The maximum atomic E-state index is 8.55. The van der Waals surface area contributed by atoms with Crippen molar-refractivity contribution < 1.29 is 5.11 Å². The number of rotatable bonds is 5. The number of aliphatic hydroxyl groups excluding tert-OH is 1. The highest BCUT2D eigenvalue weighted by Crippen LogP contribution is 1.77. The first-order valence-electron chi connectivity index (χ1n) is 3.22. The van der Waals surface area contributed by atoms with Crippen molar-refractivity contribution in [2.24, 2.45) is 0 Å². The third-order valence-electron chi connectivity index (χ3n) is 0.928. The molecule has 0 aliphatic heterocycles. The van der Waals surface area contributed by atoms with Gasteiger partial charge >= 0.3 is 0 Å². The van der Waals surface area contributed by atoms with Gasteiger partial charge in [0.05, 0.1) is 0 Å². The van der Waals surface area contributed by atoms with Crippen LogP contribution in [0.15, 0.2) is 12.4 Å². The van der Waals surface area contributed by atoms with Crippen LogP contribution in [0.25, 0.3) is 0 Å². The van der Waals surface area contributed by atoms with E-state index in [9.17, 15) is 0 Å². The first-order chi connectivity index (χ1) is 4.70. The van der Waals surface area contributed by atoms with Crippen molar-refractivity contribution in [3.05, 3.63) is 12.4 Å². The van der Waals surface area contributed by atoms with Crippen molar-refractivity contribution >= 4 is 0 Å². The van der Waals surface area contributed by atoms with E-state index >= 15 is 0 Å². The molecule has 0 saturated heterocycles. The molecule has 0 amide bonds. The normalized spacial score (nSPS) is 9.60. The van der Waals surface area contributed by atoms with Crippen molar-refractivity contribution in [1.29, 1.82) is 0 Å². The molecule has 4 heteroatoms. The maximum absolute atomic E-state index is 8.55. The fourth-order valence-corrected chi connectivity index (χ4v) is 0.519. The molecule has 0 spiro atoms. The minimum Gasteiger partial charge on any atom is -0.379 e. The molecule has 10 heavy (non-hydrogen) atoms. The van der Waals surface area contributed by atoms with E-state index in [4.69, 9.17) is 5.11 Å². The van der Waals surface area contributed by atoms with E-state index in [0.29, 0.717) is 5.82 Å². The zero-order chi connectivity index (χ0) is 7.98. The number of hydrazine groups is 1. The molecule has 0 aliphatic carbocycles. The van der Waals surface area contributed by atoms with Gasteiger partial charge in [0.15, 0.2) is 0 Å². The van der Waals surface area contributed by atoms with Gasteiger partial charge in [-0.1, -0.05) is 6.58 Å². The maximum Gasteiger partial charge on any atom is 0.112 e. The Labute approximate surface area is 61.5 Å². The average Bonchev–Trinajstić information content (AvgIpc) is 1.88. The molecule has 0 bridgehead atoms. The molecular weight excluding hydrogens is 130 g/mol. The van der Waals surface area contributed by atoms with Gasteiger partial charge in [-0.15, -0.1) is 0 Å². The third kappa shape index (κ3) is 4.17. The van der Waals surface area contributed by atoms with Gasteiger partial charge in [-0.3, -0.25) is 0 Å². The van der Waals surface area contributed by atoms with Crippen molar-refractivity contribution in [3.8, 4) is 0 Å². The Hall–Kier alpha value is -0.740. The predicted molar refractivity (Wildman–Crippen MR) is 40.8 cm³/mol. The van der Waals surface area contributed by atoms with E-state index < -0.39 is 0 Å². The van der Waals surface area contributed by atoms with Crippen molar-refractivity contribution in [1.82, 2.24) is 15.8 Å². The molecule has 0 aromatic heterocycles. The minimum atomic E-state index is -0.0373. The second-order valence-corrected chi connectivity index (χ2v) is 1.96. The number of nitrogens with one attached hydrogen (secondary N) is 2. The number of hydrogen-bond acceptors (Lipinski definition) is 4. The summed E-state index contributed by atoms with van der Waals surface area (Å²) >= 11 is 0. The molecule has 0 saturated carbocycles. The lowest BCUT2D eigenvalue weighted by Crippen LogP contribution is -2.38. The first-order valence-corrected chi connectivity index (χ1v) is 3.22. The van der Waals surface area contributed by atoms with Gasteiger partial charge in [-0.2, -0.15) is 0 Å². The van der Waals surface area contributed by atoms with E-state index in [1.165, 1.54) is 5.01 Å². The van der Waals surface area contributed by atoms with Crippen LogP contribution in [0.1, 0.15) is 6.92 Å². The molecule has 0 atom stereocenters. The number of nitrogens with zero attached hydrogens (tertiary/aromatic N) is 1. The van der Waals surface area contributed by atoms with Crippen molar-refractivity contribution in [2.75, 3.05) is 20.3 Å². The first kappa shape index (κ1) is 9.26. The van der Waals surface area contributed by atoms with Gasteiger partial charge in [0.25, 0.3) is 0 Å². The van der Waals surface area contributed by atoms with Crippen LogP contribution in [0.2, 0.25) is 0 Å². The summed E-state index contributed by atoms with van der Waals surface area (Å²) in [6.07, 6.45) is 0. The van der Waals surface area contributed by atoms with E-state index in [1.807, 2.05) is 6.92 Å². The highest BCUT2D eigenvalue weighted by Gasteiger charge is 1.93. The van der Waals surface area contributed by atoms with Crippen LogP contribution in [0.4, 0.5) is 0 Å². The zero-order valence-corrected chi connectivity index (χ0v) is 6.52. The molecule has 60 valence electrons. The molecule has 0 aromatic carbocycles. The van der Waals surface area contributed by atoms with Gasteiger partial charge in [0.2, 0.25) is 0 Å². The largest absolute Gasteiger partial charge is 0.379 e. The Morgan fingerprint density at radius 2 is 2.30 bits per heavy atom. The Kier molecular flexibility index (Phi) is 4.70. The summed E-state index contributed by atoms with van der Waals surface area (Å²) in [5.41, 5.74) is 2.81. The molecule has 0 radical (unpaired) electrons. The predicted octanol–water partition coefficient (Wildman–Crippen LogP) is -0.547. The minimum absolute atomic E-state index is 0.0373. The average molecular weight is 145 g/mol. The lowest BCUT2D eigenvalue weighted by molar-refractivity contribution is 0.0965. The van der Waals surface area contributed by atoms with Crippen LogP contribution in [-0.2, 0) is 0 Å².